The van der Waals surface area contributed by atoms with Gasteiger partial charge >= 0.3 is 0 Å². The smallest absolute Gasteiger partial charge is 0.147 e. The molecule has 0 aliphatic carbocycles. The highest BCUT2D eigenvalue weighted by molar-refractivity contribution is 7.11. The molecule has 5 heteroatoms. The second-order valence-electron chi connectivity index (χ2n) is 4.27. The Morgan fingerprint density at radius 3 is 2.68 bits per heavy atom. The number of nitrogens with zero attached hydrogens (tertiary/aromatic N) is 2. The fourth-order valence-corrected chi connectivity index (χ4v) is 2.98. The number of anilines is 2. The van der Waals surface area contributed by atoms with E-state index in [-0.39, 0.29) is 6.61 Å². The van der Waals surface area contributed by atoms with Gasteiger partial charge in [-0.1, -0.05) is 30.3 Å². The number of nitrogen functional groups attached to an aromatic ring is 1. The zero-order chi connectivity index (χ0) is 13.7. The molecule has 0 amide bonds. The predicted octanol–water partition coefficient (Wildman–Crippen LogP) is 2.60. The van der Waals surface area contributed by atoms with Crippen LogP contribution in [0.15, 0.2) is 30.3 Å². The standard InChI is InChI=1S/C14H19N3OS/c1-2-17(9-6-10-18)14-12(13(15)16-19-14)11-7-4-3-5-8-11/h3-5,7-8,18H,2,6,9-10H2,1H3,(H2,15,16). The van der Waals surface area contributed by atoms with Crippen LogP contribution >= 0.6 is 11.5 Å². The lowest BCUT2D eigenvalue weighted by Crippen LogP contribution is -2.24. The molecule has 102 valence electrons. The molecular weight excluding hydrogens is 258 g/mol. The number of nitrogens with two attached hydrogens (primary N) is 1. The summed E-state index contributed by atoms with van der Waals surface area (Å²) in [6.45, 7) is 3.99. The lowest BCUT2D eigenvalue weighted by molar-refractivity contribution is 0.290. The van der Waals surface area contributed by atoms with Crippen LogP contribution < -0.4 is 10.6 Å². The fourth-order valence-electron chi connectivity index (χ4n) is 2.05. The van der Waals surface area contributed by atoms with Gasteiger partial charge < -0.3 is 15.7 Å². The Labute approximate surface area is 117 Å². The van der Waals surface area contributed by atoms with Gasteiger partial charge in [-0.3, -0.25) is 0 Å². The third-order valence-corrected chi connectivity index (χ3v) is 3.94. The lowest BCUT2D eigenvalue weighted by atomic mass is 10.1. The van der Waals surface area contributed by atoms with Gasteiger partial charge in [0.05, 0.1) is 5.56 Å². The normalized spacial score (nSPS) is 10.6. The fraction of sp³-hybridized carbons (Fsp3) is 0.357. The quantitative estimate of drug-likeness (QED) is 0.852. The minimum atomic E-state index is 0.200. The van der Waals surface area contributed by atoms with E-state index < -0.39 is 0 Å². The van der Waals surface area contributed by atoms with E-state index in [1.165, 1.54) is 11.5 Å². The summed E-state index contributed by atoms with van der Waals surface area (Å²) in [5, 5.41) is 10.1. The second kappa shape index (κ2) is 6.54. The van der Waals surface area contributed by atoms with Crippen LogP contribution in [0.4, 0.5) is 10.8 Å². The summed E-state index contributed by atoms with van der Waals surface area (Å²) in [5.74, 6) is 0.577. The SMILES string of the molecule is CCN(CCCO)c1snc(N)c1-c1ccccc1. The molecule has 0 aliphatic heterocycles. The lowest BCUT2D eigenvalue weighted by Gasteiger charge is -2.22. The van der Waals surface area contributed by atoms with Crippen LogP contribution in [0, 0.1) is 0 Å². The van der Waals surface area contributed by atoms with E-state index in [1.807, 2.05) is 30.3 Å². The van der Waals surface area contributed by atoms with Crippen LogP contribution in [0.1, 0.15) is 13.3 Å². The van der Waals surface area contributed by atoms with Gasteiger partial charge in [0.15, 0.2) is 0 Å². The van der Waals surface area contributed by atoms with Crippen LogP contribution in [-0.2, 0) is 0 Å². The molecule has 19 heavy (non-hydrogen) atoms. The van der Waals surface area contributed by atoms with Crippen LogP contribution in [0.2, 0.25) is 0 Å². The Morgan fingerprint density at radius 1 is 1.32 bits per heavy atom. The van der Waals surface area contributed by atoms with Crippen molar-refractivity contribution in [1.29, 1.82) is 0 Å². The molecule has 0 unspecified atom stereocenters. The van der Waals surface area contributed by atoms with Crippen LogP contribution in [0.25, 0.3) is 11.1 Å². The van der Waals surface area contributed by atoms with Crippen LogP contribution in [0.5, 0.6) is 0 Å². The molecule has 1 heterocycles. The summed E-state index contributed by atoms with van der Waals surface area (Å²) in [4.78, 5) is 2.21. The molecule has 1 aromatic heterocycles. The van der Waals surface area contributed by atoms with Crippen molar-refractivity contribution in [1.82, 2.24) is 4.37 Å². The minimum Gasteiger partial charge on any atom is -0.396 e. The summed E-state index contributed by atoms with van der Waals surface area (Å²) >= 11 is 1.42. The maximum Gasteiger partial charge on any atom is 0.147 e. The highest BCUT2D eigenvalue weighted by Crippen LogP contribution is 2.39. The summed E-state index contributed by atoms with van der Waals surface area (Å²) in [5.41, 5.74) is 8.11. The molecule has 0 bridgehead atoms. The summed E-state index contributed by atoms with van der Waals surface area (Å²) in [6, 6.07) is 10.1. The first-order valence-corrected chi connectivity index (χ1v) is 7.21. The molecule has 0 aliphatic rings. The van der Waals surface area contributed by atoms with Crippen molar-refractivity contribution in [2.45, 2.75) is 13.3 Å². The monoisotopic (exact) mass is 277 g/mol. The van der Waals surface area contributed by atoms with Gasteiger partial charge in [0.1, 0.15) is 10.8 Å². The van der Waals surface area contributed by atoms with Gasteiger partial charge in [-0.2, -0.15) is 4.37 Å². The Bertz CT molecular complexity index is 513. The molecule has 0 radical (unpaired) electrons. The Kier molecular flexibility index (Phi) is 4.76. The zero-order valence-corrected chi connectivity index (χ0v) is 11.9. The molecule has 4 nitrogen and oxygen atoms in total. The number of aliphatic hydroxyl groups is 1. The van der Waals surface area contributed by atoms with Gasteiger partial charge in [-0.25, -0.2) is 0 Å². The molecule has 3 N–H and O–H groups in total. The summed E-state index contributed by atoms with van der Waals surface area (Å²) in [6.07, 6.45) is 0.750. The third kappa shape index (κ3) is 3.05. The summed E-state index contributed by atoms with van der Waals surface area (Å²) in [7, 11) is 0. The third-order valence-electron chi connectivity index (χ3n) is 3.02. The molecule has 0 saturated heterocycles. The first kappa shape index (κ1) is 13.8. The van der Waals surface area contributed by atoms with E-state index in [2.05, 4.69) is 16.2 Å². The van der Waals surface area contributed by atoms with Gasteiger partial charge in [0.2, 0.25) is 0 Å². The maximum atomic E-state index is 8.99. The van der Waals surface area contributed by atoms with Crippen molar-refractivity contribution in [2.24, 2.45) is 0 Å². The molecule has 2 aromatic rings. The first-order valence-electron chi connectivity index (χ1n) is 6.44. The maximum absolute atomic E-state index is 8.99. The largest absolute Gasteiger partial charge is 0.396 e. The topological polar surface area (TPSA) is 62.4 Å². The van der Waals surface area contributed by atoms with Crippen molar-refractivity contribution in [3.63, 3.8) is 0 Å². The molecular formula is C14H19N3OS. The molecule has 0 spiro atoms. The average molecular weight is 277 g/mol. The van der Waals surface area contributed by atoms with E-state index in [0.29, 0.717) is 5.82 Å². The number of aliphatic hydroxyl groups excluding tert-OH is 1. The van der Waals surface area contributed by atoms with Crippen molar-refractivity contribution >= 4 is 22.4 Å². The number of hydrogen-bond acceptors (Lipinski definition) is 5. The summed E-state index contributed by atoms with van der Waals surface area (Å²) < 4.78 is 4.29. The highest BCUT2D eigenvalue weighted by Gasteiger charge is 2.17. The van der Waals surface area contributed by atoms with E-state index in [4.69, 9.17) is 10.8 Å². The van der Waals surface area contributed by atoms with E-state index in [9.17, 15) is 0 Å². The molecule has 2 rings (SSSR count). The van der Waals surface area contributed by atoms with Gasteiger partial charge in [0, 0.05) is 19.7 Å². The van der Waals surface area contributed by atoms with Crippen molar-refractivity contribution < 1.29 is 5.11 Å². The Hall–Kier alpha value is -1.59. The van der Waals surface area contributed by atoms with Crippen molar-refractivity contribution in [3.8, 4) is 11.1 Å². The molecule has 0 fully saturated rings. The Balaban J connectivity index is 2.36. The first-order chi connectivity index (χ1) is 9.27. The van der Waals surface area contributed by atoms with E-state index in [1.54, 1.807) is 0 Å². The molecule has 1 aromatic carbocycles. The zero-order valence-electron chi connectivity index (χ0n) is 11.0. The molecule has 0 saturated carbocycles. The minimum absolute atomic E-state index is 0.200. The predicted molar refractivity (Wildman–Crippen MR) is 81.6 cm³/mol. The van der Waals surface area contributed by atoms with Crippen LogP contribution in [-0.4, -0.2) is 29.2 Å². The number of rotatable bonds is 6. The average Bonchev–Trinajstić information content (AvgIpc) is 2.83. The van der Waals surface area contributed by atoms with Crippen molar-refractivity contribution in [2.75, 3.05) is 30.3 Å². The van der Waals surface area contributed by atoms with Crippen LogP contribution in [0.3, 0.4) is 0 Å². The van der Waals surface area contributed by atoms with Gasteiger partial charge in [-0.05, 0) is 30.4 Å². The van der Waals surface area contributed by atoms with Gasteiger partial charge in [-0.15, -0.1) is 0 Å². The van der Waals surface area contributed by atoms with E-state index in [0.717, 1.165) is 35.6 Å². The number of aromatic nitrogens is 1. The van der Waals surface area contributed by atoms with E-state index >= 15 is 0 Å². The highest BCUT2D eigenvalue weighted by atomic mass is 32.1. The Morgan fingerprint density at radius 2 is 2.05 bits per heavy atom. The second-order valence-corrected chi connectivity index (χ2v) is 5.02. The molecule has 0 atom stereocenters. The van der Waals surface area contributed by atoms with Crippen molar-refractivity contribution in [3.05, 3.63) is 30.3 Å². The number of benzene rings is 1. The number of hydrogen-bond donors (Lipinski definition) is 2. The van der Waals surface area contributed by atoms with Gasteiger partial charge in [0.25, 0.3) is 0 Å².